The molecule has 0 bridgehead atoms. The Morgan fingerprint density at radius 1 is 1.53 bits per heavy atom. The molecule has 0 aliphatic heterocycles. The van der Waals surface area contributed by atoms with E-state index in [1.165, 1.54) is 13.0 Å². The molecule has 0 amide bonds. The van der Waals surface area contributed by atoms with Crippen LogP contribution in [0.15, 0.2) is 12.1 Å². The third-order valence-electron chi connectivity index (χ3n) is 2.15. The topological polar surface area (TPSA) is 55.1 Å². The molecule has 15 heavy (non-hydrogen) atoms. The lowest BCUT2D eigenvalue weighted by molar-refractivity contribution is 0.101. The van der Waals surface area contributed by atoms with Crippen LogP contribution in [-0.4, -0.2) is 18.9 Å². The standard InChI is InChI=1S/C11H15FN2O/c1-7-5-11(14-4-3-13)10(12)6-9(7)8(2)15/h5-6,14H,3-4,13H2,1-2H3. The number of aryl methyl sites for hydroxylation is 1. The lowest BCUT2D eigenvalue weighted by Gasteiger charge is -2.09. The Labute approximate surface area is 88.5 Å². The van der Waals surface area contributed by atoms with Crippen LogP contribution in [-0.2, 0) is 0 Å². The summed E-state index contributed by atoms with van der Waals surface area (Å²) in [6.07, 6.45) is 0. The van der Waals surface area contributed by atoms with Gasteiger partial charge in [-0.1, -0.05) is 0 Å². The van der Waals surface area contributed by atoms with E-state index in [2.05, 4.69) is 5.32 Å². The van der Waals surface area contributed by atoms with Crippen molar-refractivity contribution in [2.75, 3.05) is 18.4 Å². The minimum absolute atomic E-state index is 0.128. The Morgan fingerprint density at radius 2 is 2.20 bits per heavy atom. The number of nitrogens with two attached hydrogens (primary N) is 1. The van der Waals surface area contributed by atoms with Gasteiger partial charge < -0.3 is 11.1 Å². The van der Waals surface area contributed by atoms with E-state index in [1.54, 1.807) is 13.0 Å². The van der Waals surface area contributed by atoms with E-state index < -0.39 is 5.82 Å². The van der Waals surface area contributed by atoms with Gasteiger partial charge in [0.25, 0.3) is 0 Å². The minimum Gasteiger partial charge on any atom is -0.381 e. The van der Waals surface area contributed by atoms with Gasteiger partial charge in [-0.05, 0) is 31.5 Å². The number of Topliss-reactive ketones (excluding diaryl/α,β-unsaturated/α-hetero) is 1. The third kappa shape index (κ3) is 2.76. The molecule has 0 aromatic heterocycles. The molecular weight excluding hydrogens is 195 g/mol. The average molecular weight is 210 g/mol. The summed E-state index contributed by atoms with van der Waals surface area (Å²) in [5.74, 6) is -0.545. The maximum absolute atomic E-state index is 13.5. The van der Waals surface area contributed by atoms with Gasteiger partial charge in [0.05, 0.1) is 5.69 Å². The maximum Gasteiger partial charge on any atom is 0.160 e. The Hall–Kier alpha value is -1.42. The number of benzene rings is 1. The molecule has 1 aromatic carbocycles. The number of carbonyl (C=O) groups excluding carboxylic acids is 1. The van der Waals surface area contributed by atoms with Crippen LogP contribution in [0.4, 0.5) is 10.1 Å². The number of hydrogen-bond donors (Lipinski definition) is 2. The Balaban J connectivity index is 3.02. The lowest BCUT2D eigenvalue weighted by Crippen LogP contribution is -2.14. The Morgan fingerprint density at radius 3 is 2.73 bits per heavy atom. The zero-order chi connectivity index (χ0) is 11.4. The Bertz CT molecular complexity index is 377. The van der Waals surface area contributed by atoms with Gasteiger partial charge in [0.2, 0.25) is 0 Å². The van der Waals surface area contributed by atoms with Gasteiger partial charge in [0.1, 0.15) is 5.82 Å². The summed E-state index contributed by atoms with van der Waals surface area (Å²) in [6, 6.07) is 2.89. The van der Waals surface area contributed by atoms with E-state index in [1.807, 2.05) is 0 Å². The molecule has 0 heterocycles. The number of carbonyl (C=O) groups is 1. The molecule has 3 nitrogen and oxygen atoms in total. The number of halogens is 1. The molecular formula is C11H15FN2O. The first-order chi connectivity index (χ1) is 7.06. The molecule has 0 aliphatic rings. The number of anilines is 1. The molecule has 0 aliphatic carbocycles. The summed E-state index contributed by atoms with van der Waals surface area (Å²) in [5.41, 5.74) is 6.88. The average Bonchev–Trinajstić information content (AvgIpc) is 2.18. The molecule has 0 saturated carbocycles. The predicted molar refractivity (Wildman–Crippen MR) is 58.7 cm³/mol. The van der Waals surface area contributed by atoms with Crippen LogP contribution in [0.3, 0.4) is 0 Å². The van der Waals surface area contributed by atoms with Gasteiger partial charge in [-0.2, -0.15) is 0 Å². The molecule has 0 unspecified atom stereocenters. The van der Waals surface area contributed by atoms with Gasteiger partial charge in [0, 0.05) is 18.7 Å². The molecule has 0 fully saturated rings. The molecule has 0 spiro atoms. The van der Waals surface area contributed by atoms with E-state index in [4.69, 9.17) is 5.73 Å². The predicted octanol–water partition coefficient (Wildman–Crippen LogP) is 1.71. The fourth-order valence-electron chi connectivity index (χ4n) is 1.40. The molecule has 0 radical (unpaired) electrons. The first kappa shape index (κ1) is 11.7. The smallest absolute Gasteiger partial charge is 0.160 e. The number of hydrogen-bond acceptors (Lipinski definition) is 3. The molecule has 1 aromatic rings. The van der Waals surface area contributed by atoms with Crippen molar-refractivity contribution in [1.29, 1.82) is 0 Å². The second-order valence-corrected chi connectivity index (χ2v) is 3.42. The Kier molecular flexibility index (Phi) is 3.80. The first-order valence-corrected chi connectivity index (χ1v) is 4.81. The molecule has 82 valence electrons. The number of rotatable bonds is 4. The van der Waals surface area contributed by atoms with Crippen molar-refractivity contribution >= 4 is 11.5 Å². The second kappa shape index (κ2) is 4.89. The summed E-state index contributed by atoms with van der Waals surface area (Å²) >= 11 is 0. The molecule has 4 heteroatoms. The van der Waals surface area contributed by atoms with Crippen LogP contribution in [0.1, 0.15) is 22.8 Å². The summed E-state index contributed by atoms with van der Waals surface area (Å²) in [6.45, 7) is 4.15. The van der Waals surface area contributed by atoms with E-state index in [9.17, 15) is 9.18 Å². The fraction of sp³-hybridized carbons (Fsp3) is 0.364. The van der Waals surface area contributed by atoms with Gasteiger partial charge in [-0.15, -0.1) is 0 Å². The van der Waals surface area contributed by atoms with Gasteiger partial charge in [-0.25, -0.2) is 4.39 Å². The van der Waals surface area contributed by atoms with E-state index >= 15 is 0 Å². The second-order valence-electron chi connectivity index (χ2n) is 3.42. The monoisotopic (exact) mass is 210 g/mol. The quantitative estimate of drug-likeness (QED) is 0.744. The van der Waals surface area contributed by atoms with Crippen LogP contribution in [0.2, 0.25) is 0 Å². The lowest BCUT2D eigenvalue weighted by atomic mass is 10.0. The summed E-state index contributed by atoms with van der Waals surface area (Å²) in [5, 5.41) is 2.86. The summed E-state index contributed by atoms with van der Waals surface area (Å²) in [7, 11) is 0. The highest BCUT2D eigenvalue weighted by Gasteiger charge is 2.09. The van der Waals surface area contributed by atoms with Crippen molar-refractivity contribution in [3.8, 4) is 0 Å². The van der Waals surface area contributed by atoms with Gasteiger partial charge in [0.15, 0.2) is 5.78 Å². The highest BCUT2D eigenvalue weighted by atomic mass is 19.1. The molecule has 3 N–H and O–H groups in total. The van der Waals surface area contributed by atoms with Crippen molar-refractivity contribution in [1.82, 2.24) is 0 Å². The van der Waals surface area contributed by atoms with Crippen molar-refractivity contribution in [3.05, 3.63) is 29.1 Å². The van der Waals surface area contributed by atoms with Gasteiger partial charge >= 0.3 is 0 Å². The van der Waals surface area contributed by atoms with Crippen molar-refractivity contribution < 1.29 is 9.18 Å². The summed E-state index contributed by atoms with van der Waals surface area (Å²) in [4.78, 5) is 11.1. The number of nitrogens with one attached hydrogen (secondary N) is 1. The van der Waals surface area contributed by atoms with E-state index in [0.717, 1.165) is 5.56 Å². The highest BCUT2D eigenvalue weighted by molar-refractivity contribution is 5.95. The van der Waals surface area contributed by atoms with Gasteiger partial charge in [-0.3, -0.25) is 4.79 Å². The third-order valence-corrected chi connectivity index (χ3v) is 2.15. The van der Waals surface area contributed by atoms with Crippen LogP contribution >= 0.6 is 0 Å². The number of ketones is 1. The zero-order valence-corrected chi connectivity index (χ0v) is 8.93. The zero-order valence-electron chi connectivity index (χ0n) is 8.93. The van der Waals surface area contributed by atoms with Crippen LogP contribution in [0.25, 0.3) is 0 Å². The normalized spacial score (nSPS) is 10.1. The molecule has 0 atom stereocenters. The highest BCUT2D eigenvalue weighted by Crippen LogP contribution is 2.20. The maximum atomic E-state index is 13.5. The van der Waals surface area contributed by atoms with Crippen molar-refractivity contribution in [2.24, 2.45) is 5.73 Å². The van der Waals surface area contributed by atoms with Crippen LogP contribution < -0.4 is 11.1 Å². The van der Waals surface area contributed by atoms with E-state index in [-0.39, 0.29) is 5.78 Å². The molecule has 1 rings (SSSR count). The van der Waals surface area contributed by atoms with Crippen molar-refractivity contribution in [3.63, 3.8) is 0 Å². The van der Waals surface area contributed by atoms with Crippen molar-refractivity contribution in [2.45, 2.75) is 13.8 Å². The molecule has 0 saturated heterocycles. The minimum atomic E-state index is -0.417. The fourth-order valence-corrected chi connectivity index (χ4v) is 1.40. The van der Waals surface area contributed by atoms with Crippen LogP contribution in [0.5, 0.6) is 0 Å². The van der Waals surface area contributed by atoms with E-state index in [0.29, 0.717) is 24.3 Å². The largest absolute Gasteiger partial charge is 0.381 e. The summed E-state index contributed by atoms with van der Waals surface area (Å²) < 4.78 is 13.5. The SMILES string of the molecule is CC(=O)c1cc(F)c(NCCN)cc1C. The first-order valence-electron chi connectivity index (χ1n) is 4.81. The van der Waals surface area contributed by atoms with Crippen LogP contribution in [0, 0.1) is 12.7 Å².